The highest BCUT2D eigenvalue weighted by Gasteiger charge is 2.35. The molecule has 0 amide bonds. The molecule has 4 rings (SSSR count). The maximum absolute atomic E-state index is 10.4. The molecule has 1 aliphatic heterocycles. The minimum atomic E-state index is -2.69. The molecule has 9 heteroatoms. The van der Waals surface area contributed by atoms with Gasteiger partial charge in [0.25, 0.3) is 0 Å². The van der Waals surface area contributed by atoms with Crippen molar-refractivity contribution in [3.05, 3.63) is 70.1 Å². The number of benzene rings is 2. The summed E-state index contributed by atoms with van der Waals surface area (Å²) in [6.07, 6.45) is 4.79. The number of rotatable bonds is 4. The van der Waals surface area contributed by atoms with Crippen LogP contribution < -0.4 is 0 Å². The lowest BCUT2D eigenvalue weighted by molar-refractivity contribution is 0.0678. The molecule has 2 aliphatic rings. The third kappa shape index (κ3) is 6.13. The Morgan fingerprint density at radius 3 is 2.00 bits per heavy atom. The summed E-state index contributed by atoms with van der Waals surface area (Å²) in [7, 11) is -2.69. The predicted octanol–water partition coefficient (Wildman–Crippen LogP) is 4.11. The molecule has 1 aliphatic carbocycles. The molecule has 0 unspecified atom stereocenters. The lowest BCUT2D eigenvalue weighted by atomic mass is 9.77. The zero-order valence-electron chi connectivity index (χ0n) is 18.5. The first-order chi connectivity index (χ1) is 15.4. The molecular weight excluding hydrogens is 448 g/mol. The quantitative estimate of drug-likeness (QED) is 0.482. The zero-order valence-corrected chi connectivity index (χ0v) is 19.4. The van der Waals surface area contributed by atoms with Crippen LogP contribution in [0.4, 0.5) is 0 Å². The third-order valence-corrected chi connectivity index (χ3v) is 7.47. The molecular formula is C24H28O8S. The number of hydrogen-bond donors (Lipinski definition) is 4. The number of phenolic OH excluding ortho intramolecular Hbond substituents is 1. The van der Waals surface area contributed by atoms with E-state index in [-0.39, 0.29) is 16.9 Å². The van der Waals surface area contributed by atoms with Gasteiger partial charge in [-0.3, -0.25) is 0 Å². The fourth-order valence-electron chi connectivity index (χ4n) is 3.80. The van der Waals surface area contributed by atoms with E-state index in [9.17, 15) is 23.1 Å². The van der Waals surface area contributed by atoms with Gasteiger partial charge < -0.3 is 20.4 Å². The van der Waals surface area contributed by atoms with E-state index in [4.69, 9.17) is 15.3 Å². The Kier molecular flexibility index (Phi) is 7.92. The van der Waals surface area contributed by atoms with Gasteiger partial charge in [0, 0.05) is 0 Å². The summed E-state index contributed by atoms with van der Waals surface area (Å²) in [5.74, 6) is -2.43. The van der Waals surface area contributed by atoms with E-state index in [0.717, 1.165) is 18.2 Å². The second-order valence-corrected chi connectivity index (χ2v) is 10.1. The van der Waals surface area contributed by atoms with E-state index >= 15 is 0 Å². The van der Waals surface area contributed by atoms with Crippen molar-refractivity contribution in [2.24, 2.45) is 0 Å². The smallest absolute Gasteiger partial charge is 0.339 e. The monoisotopic (exact) mass is 476 g/mol. The van der Waals surface area contributed by atoms with E-state index in [2.05, 4.69) is 26.5 Å². The Hall–Kier alpha value is -3.33. The van der Waals surface area contributed by atoms with Gasteiger partial charge >= 0.3 is 11.9 Å². The topological polar surface area (TPSA) is 149 Å². The molecule has 1 saturated heterocycles. The van der Waals surface area contributed by atoms with Gasteiger partial charge in [0.2, 0.25) is 0 Å². The number of sulfone groups is 1. The van der Waals surface area contributed by atoms with Gasteiger partial charge in [-0.2, -0.15) is 0 Å². The molecule has 1 fully saturated rings. The van der Waals surface area contributed by atoms with Gasteiger partial charge in [-0.05, 0) is 72.6 Å². The molecule has 0 spiro atoms. The summed E-state index contributed by atoms with van der Waals surface area (Å²) < 4.78 is 19.9. The van der Waals surface area contributed by atoms with Gasteiger partial charge in [0.05, 0.1) is 16.2 Å². The molecule has 1 heterocycles. The molecule has 0 atom stereocenters. The summed E-state index contributed by atoms with van der Waals surface area (Å²) in [6.45, 7) is 7.74. The Morgan fingerprint density at radius 2 is 1.58 bits per heavy atom. The van der Waals surface area contributed by atoms with Crippen LogP contribution in [0.3, 0.4) is 0 Å². The molecule has 0 radical (unpaired) electrons. The number of carboxylic acid groups (broad SMARTS) is 2. The number of aromatic hydroxyl groups is 2. The van der Waals surface area contributed by atoms with E-state index in [1.807, 2.05) is 6.07 Å². The van der Waals surface area contributed by atoms with Crippen LogP contribution in [-0.2, 0) is 21.7 Å². The zero-order chi connectivity index (χ0) is 25.0. The molecule has 33 heavy (non-hydrogen) atoms. The van der Waals surface area contributed by atoms with Gasteiger partial charge in [-0.25, -0.2) is 18.0 Å². The SMILES string of the molecule is C=C1CS1(=O)=O.CCC1(CC)CCc2ccc(O)cc21.O=C(O)c1ccc(C(=O)O)c(O)c1. The Bertz CT molecular complexity index is 1180. The fourth-order valence-corrected chi connectivity index (χ4v) is 4.45. The molecule has 0 saturated carbocycles. The number of fused-ring (bicyclic) bond motifs is 1. The molecule has 178 valence electrons. The van der Waals surface area contributed by atoms with Crippen LogP contribution in [0, 0.1) is 0 Å². The van der Waals surface area contributed by atoms with E-state index in [1.165, 1.54) is 36.8 Å². The third-order valence-electron chi connectivity index (χ3n) is 6.07. The number of carbonyl (C=O) groups is 2. The molecule has 2 aromatic carbocycles. The lowest BCUT2D eigenvalue weighted by Crippen LogP contribution is -2.20. The minimum absolute atomic E-state index is 0.150. The summed E-state index contributed by atoms with van der Waals surface area (Å²) >= 11 is 0. The van der Waals surface area contributed by atoms with E-state index in [0.29, 0.717) is 16.1 Å². The number of aromatic carboxylic acids is 2. The van der Waals surface area contributed by atoms with Crippen molar-refractivity contribution in [3.8, 4) is 11.5 Å². The van der Waals surface area contributed by atoms with Crippen molar-refractivity contribution in [3.63, 3.8) is 0 Å². The van der Waals surface area contributed by atoms with Crippen LogP contribution >= 0.6 is 0 Å². The first-order valence-electron chi connectivity index (χ1n) is 10.4. The second-order valence-electron chi connectivity index (χ2n) is 7.97. The molecule has 0 bridgehead atoms. The van der Waals surface area contributed by atoms with Crippen molar-refractivity contribution >= 4 is 21.8 Å². The van der Waals surface area contributed by atoms with E-state index < -0.39 is 27.5 Å². The fraction of sp³-hybridized carbons (Fsp3) is 0.333. The summed E-state index contributed by atoms with van der Waals surface area (Å²) in [6, 6.07) is 8.91. The van der Waals surface area contributed by atoms with Crippen molar-refractivity contribution in [2.45, 2.75) is 44.9 Å². The Balaban J connectivity index is 0.000000188. The van der Waals surface area contributed by atoms with Crippen LogP contribution in [-0.4, -0.2) is 46.5 Å². The normalized spacial score (nSPS) is 16.4. The van der Waals surface area contributed by atoms with Crippen LogP contribution in [0.2, 0.25) is 0 Å². The first-order valence-corrected chi connectivity index (χ1v) is 12.0. The summed E-state index contributed by atoms with van der Waals surface area (Å²) in [5.41, 5.74) is 2.70. The highest BCUT2D eigenvalue weighted by atomic mass is 32.2. The molecule has 2 aromatic rings. The van der Waals surface area contributed by atoms with Crippen molar-refractivity contribution in [2.75, 3.05) is 5.75 Å². The van der Waals surface area contributed by atoms with Crippen LogP contribution in [0.5, 0.6) is 11.5 Å². The molecule has 8 nitrogen and oxygen atoms in total. The average molecular weight is 477 g/mol. The average Bonchev–Trinajstić information content (AvgIpc) is 3.16. The Labute approximate surface area is 192 Å². The van der Waals surface area contributed by atoms with Crippen molar-refractivity contribution in [1.29, 1.82) is 0 Å². The van der Waals surface area contributed by atoms with Gasteiger partial charge in [-0.1, -0.05) is 26.5 Å². The number of aryl methyl sites for hydroxylation is 1. The summed E-state index contributed by atoms with van der Waals surface area (Å²) in [5, 5.41) is 35.6. The minimum Gasteiger partial charge on any atom is -0.508 e. The van der Waals surface area contributed by atoms with Crippen molar-refractivity contribution < 1.29 is 38.4 Å². The maximum atomic E-state index is 10.4. The van der Waals surface area contributed by atoms with Crippen LogP contribution in [0.1, 0.15) is 65.0 Å². The number of carboxylic acids is 2. The molecule has 0 aromatic heterocycles. The lowest BCUT2D eigenvalue weighted by Gasteiger charge is -2.27. The highest BCUT2D eigenvalue weighted by molar-refractivity contribution is 8.03. The summed E-state index contributed by atoms with van der Waals surface area (Å²) in [4.78, 5) is 21.1. The molecule has 4 N–H and O–H groups in total. The van der Waals surface area contributed by atoms with E-state index in [1.54, 1.807) is 6.07 Å². The Morgan fingerprint density at radius 1 is 1.00 bits per heavy atom. The first kappa shape index (κ1) is 25.9. The van der Waals surface area contributed by atoms with Crippen molar-refractivity contribution in [1.82, 2.24) is 0 Å². The standard InChI is InChI=1S/C13H18O.C8H6O5.C3H4O2S/c1-3-13(4-2)8-7-10-5-6-11(14)9-12(10)13;9-6-3-4(7(10)11)1-2-5(6)8(12)13;1-3-2-6(3,4)5/h5-6,9,14H,3-4,7-8H2,1-2H3;1-3,9H,(H,10,11)(H,12,13);1-2H2. The highest BCUT2D eigenvalue weighted by Crippen LogP contribution is 2.44. The second kappa shape index (κ2) is 10.1. The van der Waals surface area contributed by atoms with Crippen LogP contribution in [0.25, 0.3) is 0 Å². The predicted molar refractivity (Wildman–Crippen MR) is 124 cm³/mol. The number of phenols is 2. The van der Waals surface area contributed by atoms with Crippen LogP contribution in [0.15, 0.2) is 47.9 Å². The van der Waals surface area contributed by atoms with Gasteiger partial charge in [0.15, 0.2) is 9.84 Å². The largest absolute Gasteiger partial charge is 0.508 e. The number of hydrogen-bond acceptors (Lipinski definition) is 6. The maximum Gasteiger partial charge on any atom is 0.339 e. The van der Waals surface area contributed by atoms with Gasteiger partial charge in [-0.15, -0.1) is 0 Å². The van der Waals surface area contributed by atoms with Gasteiger partial charge in [0.1, 0.15) is 17.1 Å².